The summed E-state index contributed by atoms with van der Waals surface area (Å²) in [5, 5.41) is 8.57. The fraction of sp³-hybridized carbons (Fsp3) is 0.824. The molecule has 4 aliphatic heterocycles. The number of amides is 1. The van der Waals surface area contributed by atoms with Crippen molar-refractivity contribution in [2.45, 2.75) is 50.2 Å². The predicted octanol–water partition coefficient (Wildman–Crippen LogP) is 1.63. The Kier molecular flexibility index (Phi) is 3.50. The Morgan fingerprint density at radius 3 is 2.62 bits per heavy atom. The fourth-order valence-corrected chi connectivity index (χ4v) is 4.41. The van der Waals surface area contributed by atoms with Crippen molar-refractivity contribution in [2.24, 2.45) is 5.92 Å². The van der Waals surface area contributed by atoms with Crippen molar-refractivity contribution in [1.29, 1.82) is 0 Å². The zero-order valence-corrected chi connectivity index (χ0v) is 14.0. The topological polar surface area (TPSA) is 63.5 Å². The first kappa shape index (κ1) is 14.7. The number of nitrogens with zero attached hydrogens (tertiary/aromatic N) is 5. The number of carbonyl (C=O) groups is 1. The van der Waals surface area contributed by atoms with Crippen LogP contribution in [-0.4, -0.2) is 69.7 Å². The van der Waals surface area contributed by atoms with Crippen LogP contribution in [0.3, 0.4) is 0 Å². The normalized spacial score (nSPS) is 35.4. The second-order valence-corrected chi connectivity index (χ2v) is 7.85. The highest BCUT2D eigenvalue weighted by Gasteiger charge is 2.38. The van der Waals surface area contributed by atoms with Gasteiger partial charge in [0.15, 0.2) is 0 Å². The van der Waals surface area contributed by atoms with E-state index in [4.69, 9.17) is 4.74 Å². The number of piperidine rings is 3. The average Bonchev–Trinajstić information content (AvgIpc) is 3.14. The Hall–Kier alpha value is -1.63. The lowest BCUT2D eigenvalue weighted by molar-refractivity contribution is -0.0422. The molecule has 0 radical (unpaired) electrons. The maximum atomic E-state index is 12.5. The van der Waals surface area contributed by atoms with E-state index in [1.54, 1.807) is 0 Å². The van der Waals surface area contributed by atoms with E-state index in [0.717, 1.165) is 25.2 Å². The molecule has 4 saturated heterocycles. The molecule has 7 heteroatoms. The molecule has 2 unspecified atom stereocenters. The number of rotatable bonds is 3. The zero-order chi connectivity index (χ0) is 16.1. The molecule has 5 fully saturated rings. The molecule has 2 bridgehead atoms. The maximum absolute atomic E-state index is 12.5. The summed E-state index contributed by atoms with van der Waals surface area (Å²) in [7, 11) is 0. The zero-order valence-electron chi connectivity index (χ0n) is 14.0. The highest BCUT2D eigenvalue weighted by Crippen LogP contribution is 2.39. The molecule has 1 aliphatic carbocycles. The van der Waals surface area contributed by atoms with Gasteiger partial charge in [-0.15, -0.1) is 5.10 Å². The molecule has 2 atom stereocenters. The molecule has 5 heterocycles. The number of fused-ring (bicyclic) bond motifs is 3. The Balaban J connectivity index is 1.18. The van der Waals surface area contributed by atoms with Gasteiger partial charge in [-0.05, 0) is 51.1 Å². The molecular weight excluding hydrogens is 306 g/mol. The average molecular weight is 331 g/mol. The van der Waals surface area contributed by atoms with Crippen molar-refractivity contribution in [3.05, 3.63) is 11.9 Å². The minimum absolute atomic E-state index is 0.0897. The summed E-state index contributed by atoms with van der Waals surface area (Å²) in [5.41, 5.74) is 1.11. The third-order valence-corrected chi connectivity index (χ3v) is 6.17. The summed E-state index contributed by atoms with van der Waals surface area (Å²) in [6.45, 7) is 4.69. The second kappa shape index (κ2) is 5.72. The van der Waals surface area contributed by atoms with Gasteiger partial charge in [-0.3, -0.25) is 4.90 Å². The molecule has 6 rings (SSSR count). The van der Waals surface area contributed by atoms with E-state index >= 15 is 0 Å². The highest BCUT2D eigenvalue weighted by molar-refractivity contribution is 5.68. The molecule has 24 heavy (non-hydrogen) atoms. The van der Waals surface area contributed by atoms with E-state index in [9.17, 15) is 4.79 Å². The van der Waals surface area contributed by atoms with Crippen molar-refractivity contribution < 1.29 is 9.53 Å². The number of hydrogen-bond donors (Lipinski definition) is 0. The Morgan fingerprint density at radius 2 is 1.92 bits per heavy atom. The molecule has 0 aromatic carbocycles. The van der Waals surface area contributed by atoms with Gasteiger partial charge in [0.2, 0.25) is 0 Å². The minimum Gasteiger partial charge on any atom is -0.444 e. The van der Waals surface area contributed by atoms with Crippen molar-refractivity contribution in [2.75, 3.05) is 32.7 Å². The molecule has 130 valence electrons. The van der Waals surface area contributed by atoms with Crippen molar-refractivity contribution in [1.82, 2.24) is 24.8 Å². The van der Waals surface area contributed by atoms with Crippen LogP contribution in [0.4, 0.5) is 4.79 Å². The number of ether oxygens (including phenoxy) is 1. The van der Waals surface area contributed by atoms with Crippen LogP contribution in [-0.2, 0) is 4.74 Å². The molecule has 0 spiro atoms. The first-order valence-corrected chi connectivity index (χ1v) is 9.36. The van der Waals surface area contributed by atoms with Gasteiger partial charge >= 0.3 is 6.09 Å². The van der Waals surface area contributed by atoms with Crippen LogP contribution in [0.2, 0.25) is 0 Å². The number of aromatic nitrogens is 3. The minimum atomic E-state index is -0.140. The maximum Gasteiger partial charge on any atom is 0.410 e. The van der Waals surface area contributed by atoms with E-state index in [1.807, 2.05) is 9.58 Å². The van der Waals surface area contributed by atoms with Crippen LogP contribution < -0.4 is 0 Å². The van der Waals surface area contributed by atoms with Crippen molar-refractivity contribution >= 4 is 6.09 Å². The lowest BCUT2D eigenvalue weighted by Gasteiger charge is -2.44. The van der Waals surface area contributed by atoms with Gasteiger partial charge in [0, 0.05) is 31.7 Å². The Bertz CT molecular complexity index is 620. The van der Waals surface area contributed by atoms with Gasteiger partial charge in [-0.2, -0.15) is 0 Å². The number of hydrogen-bond acceptors (Lipinski definition) is 5. The quantitative estimate of drug-likeness (QED) is 0.842. The van der Waals surface area contributed by atoms with Crippen LogP contribution in [0.15, 0.2) is 6.20 Å². The van der Waals surface area contributed by atoms with Gasteiger partial charge in [-0.25, -0.2) is 9.48 Å². The molecule has 1 amide bonds. The van der Waals surface area contributed by atoms with E-state index in [2.05, 4.69) is 21.4 Å². The van der Waals surface area contributed by atoms with Gasteiger partial charge in [-0.1, -0.05) is 5.21 Å². The summed E-state index contributed by atoms with van der Waals surface area (Å²) in [6.07, 6.45) is 7.77. The summed E-state index contributed by atoms with van der Waals surface area (Å²) in [6, 6.07) is 0.240. The van der Waals surface area contributed by atoms with Crippen molar-refractivity contribution in [3.63, 3.8) is 0 Å². The SMILES string of the molecule is O=C(OC1CN2CCC1CC2)N1CCC(n2cc(C3CC3)nn2)C1. The lowest BCUT2D eigenvalue weighted by Crippen LogP contribution is -2.52. The lowest BCUT2D eigenvalue weighted by atomic mass is 9.86. The first-order valence-electron chi connectivity index (χ1n) is 9.36. The van der Waals surface area contributed by atoms with Crippen LogP contribution in [0.5, 0.6) is 0 Å². The highest BCUT2D eigenvalue weighted by atomic mass is 16.6. The molecule has 7 nitrogen and oxygen atoms in total. The van der Waals surface area contributed by atoms with Crippen LogP contribution >= 0.6 is 0 Å². The van der Waals surface area contributed by atoms with Crippen LogP contribution in [0.25, 0.3) is 0 Å². The first-order chi connectivity index (χ1) is 11.8. The third kappa shape index (κ3) is 2.68. The molecule has 1 saturated carbocycles. The van der Waals surface area contributed by atoms with E-state index < -0.39 is 0 Å². The predicted molar refractivity (Wildman–Crippen MR) is 86.7 cm³/mol. The van der Waals surface area contributed by atoms with Crippen molar-refractivity contribution in [3.8, 4) is 0 Å². The van der Waals surface area contributed by atoms with Gasteiger partial charge < -0.3 is 9.64 Å². The molecule has 1 aromatic rings. The van der Waals surface area contributed by atoms with Crippen LogP contribution in [0.1, 0.15) is 49.8 Å². The molecular formula is C17H25N5O2. The molecule has 5 aliphatic rings. The summed E-state index contributed by atoms with van der Waals surface area (Å²) in [5.74, 6) is 1.19. The van der Waals surface area contributed by atoms with Gasteiger partial charge in [0.05, 0.1) is 11.7 Å². The number of carbonyl (C=O) groups excluding carboxylic acids is 1. The van der Waals surface area contributed by atoms with Crippen LogP contribution in [0, 0.1) is 5.92 Å². The Morgan fingerprint density at radius 1 is 1.08 bits per heavy atom. The summed E-state index contributed by atoms with van der Waals surface area (Å²) < 4.78 is 7.80. The van der Waals surface area contributed by atoms with E-state index in [0.29, 0.717) is 18.4 Å². The Labute approximate surface area is 141 Å². The van der Waals surface area contributed by atoms with E-state index in [1.165, 1.54) is 38.8 Å². The molecule has 1 aromatic heterocycles. The summed E-state index contributed by atoms with van der Waals surface area (Å²) in [4.78, 5) is 16.8. The smallest absolute Gasteiger partial charge is 0.410 e. The van der Waals surface area contributed by atoms with Gasteiger partial charge in [0.25, 0.3) is 0 Å². The number of likely N-dealkylation sites (tertiary alicyclic amines) is 1. The fourth-order valence-electron chi connectivity index (χ4n) is 4.41. The van der Waals surface area contributed by atoms with Gasteiger partial charge in [0.1, 0.15) is 6.10 Å². The largest absolute Gasteiger partial charge is 0.444 e. The standard InChI is InChI=1S/C17H25N5O2/c23-17(24-16-11-20-6-3-13(16)4-7-20)21-8-5-14(9-21)22-10-15(18-19-22)12-1-2-12/h10,12-14,16H,1-9,11H2. The third-order valence-electron chi connectivity index (χ3n) is 6.17. The summed E-state index contributed by atoms with van der Waals surface area (Å²) >= 11 is 0. The van der Waals surface area contributed by atoms with E-state index in [-0.39, 0.29) is 18.2 Å². The second-order valence-electron chi connectivity index (χ2n) is 7.85. The monoisotopic (exact) mass is 331 g/mol. The molecule has 0 N–H and O–H groups in total.